The van der Waals surface area contributed by atoms with Crippen LogP contribution in [-0.2, 0) is 13.1 Å². The minimum atomic E-state index is 0.0965. The van der Waals surface area contributed by atoms with Crippen molar-refractivity contribution >= 4 is 0 Å². The average molecular weight is 270 g/mol. The maximum absolute atomic E-state index is 6.26. The molecule has 0 spiro atoms. The van der Waals surface area contributed by atoms with Gasteiger partial charge >= 0.3 is 0 Å². The Morgan fingerprint density at radius 1 is 1.20 bits per heavy atom. The zero-order valence-electron chi connectivity index (χ0n) is 12.2. The summed E-state index contributed by atoms with van der Waals surface area (Å²) in [7, 11) is 0. The molecule has 4 heteroatoms. The van der Waals surface area contributed by atoms with Crippen LogP contribution in [0.1, 0.15) is 29.9 Å². The molecule has 0 saturated heterocycles. The number of imidazole rings is 1. The predicted molar refractivity (Wildman–Crippen MR) is 80.2 cm³/mol. The van der Waals surface area contributed by atoms with Crippen molar-refractivity contribution in [3.8, 4) is 0 Å². The summed E-state index contributed by atoms with van der Waals surface area (Å²) in [4.78, 5) is 6.88. The van der Waals surface area contributed by atoms with E-state index in [1.54, 1.807) is 0 Å². The lowest BCUT2D eigenvalue weighted by Gasteiger charge is -2.37. The Morgan fingerprint density at radius 2 is 1.95 bits per heavy atom. The molecule has 0 amide bonds. The third-order valence-corrected chi connectivity index (χ3v) is 4.08. The molecular formula is C16H22N4. The third kappa shape index (κ3) is 2.49. The number of hydrogen-bond acceptors (Lipinski definition) is 3. The van der Waals surface area contributed by atoms with Crippen molar-refractivity contribution in [1.29, 1.82) is 0 Å². The molecule has 0 bridgehead atoms. The summed E-state index contributed by atoms with van der Waals surface area (Å²) in [5.41, 5.74) is 8.84. The van der Waals surface area contributed by atoms with Crippen molar-refractivity contribution in [2.24, 2.45) is 5.73 Å². The molecular weight excluding hydrogens is 248 g/mol. The lowest BCUT2D eigenvalue weighted by atomic mass is 9.97. The smallest absolute Gasteiger partial charge is 0.122 e. The molecule has 2 heterocycles. The normalized spacial score (nSPS) is 18.6. The molecule has 0 saturated carbocycles. The van der Waals surface area contributed by atoms with Crippen molar-refractivity contribution in [1.82, 2.24) is 14.5 Å². The lowest BCUT2D eigenvalue weighted by Crippen LogP contribution is -2.43. The fourth-order valence-electron chi connectivity index (χ4n) is 3.04. The zero-order chi connectivity index (χ0) is 14.1. The van der Waals surface area contributed by atoms with Gasteiger partial charge in [-0.2, -0.15) is 0 Å². The molecule has 2 unspecified atom stereocenters. The van der Waals surface area contributed by atoms with E-state index in [2.05, 4.69) is 58.8 Å². The van der Waals surface area contributed by atoms with E-state index in [9.17, 15) is 0 Å². The third-order valence-electron chi connectivity index (χ3n) is 4.08. The fraction of sp³-hybridized carbons (Fsp3) is 0.438. The van der Waals surface area contributed by atoms with Crippen LogP contribution in [0.4, 0.5) is 0 Å². The maximum atomic E-state index is 6.26. The molecule has 0 radical (unpaired) electrons. The summed E-state index contributed by atoms with van der Waals surface area (Å²) in [6.07, 6.45) is 3.94. The first-order chi connectivity index (χ1) is 9.65. The molecule has 4 nitrogen and oxygen atoms in total. The first kappa shape index (κ1) is 13.3. The van der Waals surface area contributed by atoms with Crippen LogP contribution in [0.15, 0.2) is 36.7 Å². The summed E-state index contributed by atoms with van der Waals surface area (Å²) >= 11 is 0. The van der Waals surface area contributed by atoms with Gasteiger partial charge in [0.15, 0.2) is 0 Å². The van der Waals surface area contributed by atoms with Gasteiger partial charge < -0.3 is 10.3 Å². The van der Waals surface area contributed by atoms with Gasteiger partial charge in [-0.3, -0.25) is 4.90 Å². The summed E-state index contributed by atoms with van der Waals surface area (Å²) in [6, 6.07) is 9.07. The monoisotopic (exact) mass is 270 g/mol. The topological polar surface area (TPSA) is 47.1 Å². The van der Waals surface area contributed by atoms with Gasteiger partial charge in [-0.25, -0.2) is 4.98 Å². The Morgan fingerprint density at radius 3 is 2.65 bits per heavy atom. The van der Waals surface area contributed by atoms with E-state index >= 15 is 0 Å². The molecule has 2 aromatic rings. The Balaban J connectivity index is 1.87. The molecule has 0 fully saturated rings. The van der Waals surface area contributed by atoms with Gasteiger partial charge in [0.1, 0.15) is 5.82 Å². The van der Waals surface area contributed by atoms with Crippen LogP contribution in [0.2, 0.25) is 0 Å². The van der Waals surface area contributed by atoms with E-state index in [1.165, 1.54) is 11.1 Å². The van der Waals surface area contributed by atoms with E-state index in [-0.39, 0.29) is 12.1 Å². The number of rotatable bonds is 3. The molecule has 2 N–H and O–H groups in total. The van der Waals surface area contributed by atoms with E-state index < -0.39 is 0 Å². The van der Waals surface area contributed by atoms with Crippen LogP contribution in [0.5, 0.6) is 0 Å². The molecule has 3 rings (SSSR count). The van der Waals surface area contributed by atoms with Gasteiger partial charge in [0.25, 0.3) is 0 Å². The quantitative estimate of drug-likeness (QED) is 0.929. The average Bonchev–Trinajstić information content (AvgIpc) is 2.88. The summed E-state index contributed by atoms with van der Waals surface area (Å²) < 4.78 is 2.23. The molecule has 1 aliphatic heterocycles. The number of fused-ring (bicyclic) bond motifs is 1. The summed E-state index contributed by atoms with van der Waals surface area (Å²) in [6.45, 7) is 7.08. The van der Waals surface area contributed by atoms with Crippen LogP contribution in [-0.4, -0.2) is 27.0 Å². The Labute approximate surface area is 120 Å². The minimum Gasteiger partial charge on any atom is -0.333 e. The van der Waals surface area contributed by atoms with E-state index in [0.717, 1.165) is 25.5 Å². The van der Waals surface area contributed by atoms with Crippen LogP contribution in [0, 0.1) is 6.92 Å². The van der Waals surface area contributed by atoms with Crippen molar-refractivity contribution in [3.05, 3.63) is 53.6 Å². The second-order valence-corrected chi connectivity index (χ2v) is 5.72. The maximum Gasteiger partial charge on any atom is 0.122 e. The van der Waals surface area contributed by atoms with Crippen molar-refractivity contribution < 1.29 is 0 Å². The Bertz CT molecular complexity index is 570. The second-order valence-electron chi connectivity index (χ2n) is 5.72. The highest BCUT2D eigenvalue weighted by Gasteiger charge is 2.27. The molecule has 20 heavy (non-hydrogen) atoms. The van der Waals surface area contributed by atoms with Gasteiger partial charge in [-0.15, -0.1) is 0 Å². The fourth-order valence-corrected chi connectivity index (χ4v) is 3.04. The number of aryl methyl sites for hydroxylation is 1. The van der Waals surface area contributed by atoms with Gasteiger partial charge in [0, 0.05) is 31.5 Å². The molecule has 1 aliphatic rings. The van der Waals surface area contributed by atoms with Gasteiger partial charge in [0.2, 0.25) is 0 Å². The van der Waals surface area contributed by atoms with Gasteiger partial charge in [0.05, 0.1) is 12.6 Å². The van der Waals surface area contributed by atoms with Crippen molar-refractivity contribution in [2.45, 2.75) is 39.0 Å². The highest BCUT2D eigenvalue weighted by molar-refractivity contribution is 5.25. The Kier molecular flexibility index (Phi) is 3.59. The molecule has 1 aromatic heterocycles. The number of hydrogen-bond donors (Lipinski definition) is 1. The standard InChI is InChI=1S/C16H22N4/c1-12-3-5-14(6-4-12)16(13(2)17)20-10-9-19-8-7-18-15(19)11-20/h3-8,13,16H,9-11,17H2,1-2H3. The summed E-state index contributed by atoms with van der Waals surface area (Å²) in [5, 5.41) is 0. The number of aromatic nitrogens is 2. The highest BCUT2D eigenvalue weighted by Crippen LogP contribution is 2.27. The predicted octanol–water partition coefficient (Wildman–Crippen LogP) is 2.10. The SMILES string of the molecule is Cc1ccc(C(C(C)N)N2CCn3ccnc3C2)cc1. The van der Waals surface area contributed by atoms with Gasteiger partial charge in [-0.1, -0.05) is 29.8 Å². The second kappa shape index (κ2) is 5.38. The molecule has 2 atom stereocenters. The van der Waals surface area contributed by atoms with Gasteiger partial charge in [-0.05, 0) is 19.4 Å². The van der Waals surface area contributed by atoms with Crippen LogP contribution >= 0.6 is 0 Å². The first-order valence-corrected chi connectivity index (χ1v) is 7.21. The van der Waals surface area contributed by atoms with Crippen LogP contribution < -0.4 is 5.73 Å². The van der Waals surface area contributed by atoms with Crippen LogP contribution in [0.25, 0.3) is 0 Å². The summed E-state index contributed by atoms with van der Waals surface area (Å²) in [5.74, 6) is 1.13. The van der Waals surface area contributed by atoms with E-state index in [1.807, 2.05) is 6.20 Å². The number of nitrogens with zero attached hydrogens (tertiary/aromatic N) is 3. The lowest BCUT2D eigenvalue weighted by molar-refractivity contribution is 0.136. The first-order valence-electron chi connectivity index (χ1n) is 7.21. The minimum absolute atomic E-state index is 0.0965. The van der Waals surface area contributed by atoms with E-state index in [4.69, 9.17) is 5.73 Å². The zero-order valence-corrected chi connectivity index (χ0v) is 12.2. The molecule has 0 aliphatic carbocycles. The molecule has 106 valence electrons. The van der Waals surface area contributed by atoms with E-state index in [0.29, 0.717) is 0 Å². The Hall–Kier alpha value is -1.65. The van der Waals surface area contributed by atoms with Crippen molar-refractivity contribution in [3.63, 3.8) is 0 Å². The largest absolute Gasteiger partial charge is 0.333 e. The van der Waals surface area contributed by atoms with Crippen molar-refractivity contribution in [2.75, 3.05) is 6.54 Å². The highest BCUT2D eigenvalue weighted by atomic mass is 15.3. The number of nitrogens with two attached hydrogens (primary N) is 1. The van der Waals surface area contributed by atoms with Crippen LogP contribution in [0.3, 0.4) is 0 Å². The molecule has 1 aromatic carbocycles. The number of benzene rings is 1.